The number of nitrogens with zero attached hydrogens (tertiary/aromatic N) is 4. The number of nitrogens with two attached hydrogens (primary N) is 1. The molecule has 0 unspecified atom stereocenters. The number of fused-ring (bicyclic) bond motifs is 5. The topological polar surface area (TPSA) is 59.7 Å². The Morgan fingerprint density at radius 1 is 1.19 bits per heavy atom. The van der Waals surface area contributed by atoms with Crippen molar-refractivity contribution < 1.29 is 5.32 Å². The third-order valence-corrected chi connectivity index (χ3v) is 7.02. The molecular formula is C20H21ClN5S+. The lowest BCUT2D eigenvalue weighted by Gasteiger charge is -2.38. The molecule has 7 heteroatoms. The minimum atomic E-state index is 0.0189. The van der Waals surface area contributed by atoms with Gasteiger partial charge in [-0.2, -0.15) is 0 Å². The number of hydrogen-bond acceptors (Lipinski definition) is 4. The summed E-state index contributed by atoms with van der Waals surface area (Å²) in [6, 6.07) is 7.68. The molecule has 0 atom stereocenters. The van der Waals surface area contributed by atoms with Crippen LogP contribution in [0.1, 0.15) is 38.1 Å². The van der Waals surface area contributed by atoms with Gasteiger partial charge in [0.2, 0.25) is 0 Å². The Kier molecular flexibility index (Phi) is 3.48. The predicted molar refractivity (Wildman–Crippen MR) is 109 cm³/mol. The number of quaternary nitrogens is 1. The molecule has 5 rings (SSSR count). The Hall–Kier alpha value is -2.02. The van der Waals surface area contributed by atoms with Crippen molar-refractivity contribution in [3.05, 3.63) is 46.1 Å². The molecule has 0 fully saturated rings. The first-order valence-electron chi connectivity index (χ1n) is 9.04. The van der Waals surface area contributed by atoms with E-state index < -0.39 is 0 Å². The van der Waals surface area contributed by atoms with Crippen molar-refractivity contribution in [2.45, 2.75) is 45.2 Å². The van der Waals surface area contributed by atoms with Gasteiger partial charge in [-0.05, 0) is 45.4 Å². The molecule has 4 heterocycles. The second-order valence-electron chi connectivity index (χ2n) is 8.55. The molecule has 3 aromatic heterocycles. The van der Waals surface area contributed by atoms with Crippen molar-refractivity contribution in [1.82, 2.24) is 19.6 Å². The zero-order valence-corrected chi connectivity index (χ0v) is 17.3. The van der Waals surface area contributed by atoms with Crippen LogP contribution in [0.25, 0.3) is 27.3 Å². The van der Waals surface area contributed by atoms with E-state index in [1.807, 2.05) is 24.3 Å². The largest absolute Gasteiger partial charge is 0.333 e. The van der Waals surface area contributed by atoms with Gasteiger partial charge in [0.1, 0.15) is 16.7 Å². The Labute approximate surface area is 166 Å². The van der Waals surface area contributed by atoms with Gasteiger partial charge in [0.25, 0.3) is 0 Å². The number of benzene rings is 1. The van der Waals surface area contributed by atoms with Crippen LogP contribution in [0.5, 0.6) is 0 Å². The van der Waals surface area contributed by atoms with Crippen LogP contribution >= 0.6 is 22.9 Å². The molecule has 0 radical (unpaired) electrons. The molecule has 1 aliphatic heterocycles. The standard InChI is InChI=1S/C20H20ClN5S/c1-19(2)9-12-14-17-23-16(11-7-5-6-8-13(11)21)24-26(17)10-22-18(14)27-15(12)20(3,4)25-19/h5-8,10,25H,9H2,1-4H3/p+1. The first kappa shape index (κ1) is 17.1. The molecule has 1 aromatic carbocycles. The van der Waals surface area contributed by atoms with Gasteiger partial charge in [-0.1, -0.05) is 23.7 Å². The summed E-state index contributed by atoms with van der Waals surface area (Å²) in [7, 11) is 0. The van der Waals surface area contributed by atoms with E-state index in [0.29, 0.717) is 10.8 Å². The first-order chi connectivity index (χ1) is 12.8. The van der Waals surface area contributed by atoms with Gasteiger partial charge >= 0.3 is 0 Å². The van der Waals surface area contributed by atoms with Gasteiger partial charge < -0.3 is 5.32 Å². The van der Waals surface area contributed by atoms with Crippen LogP contribution in [0.2, 0.25) is 5.02 Å². The second kappa shape index (κ2) is 5.50. The molecule has 1 aliphatic rings. The lowest BCUT2D eigenvalue weighted by atomic mass is 9.82. The summed E-state index contributed by atoms with van der Waals surface area (Å²) in [6.07, 6.45) is 2.75. The SMILES string of the molecule is CC1(C)Cc2c(sc3ncn4nc(-c5ccccc5Cl)nc4c23)C(C)(C)[NH2+]1. The van der Waals surface area contributed by atoms with Crippen LogP contribution in [-0.4, -0.2) is 25.1 Å². The van der Waals surface area contributed by atoms with Crippen LogP contribution in [0, 0.1) is 0 Å². The van der Waals surface area contributed by atoms with Gasteiger partial charge in [-0.25, -0.2) is 14.5 Å². The summed E-state index contributed by atoms with van der Waals surface area (Å²) in [5.41, 5.74) is 3.22. The average molecular weight is 399 g/mol. The number of hydrogen-bond donors (Lipinski definition) is 1. The Morgan fingerprint density at radius 3 is 2.74 bits per heavy atom. The monoisotopic (exact) mass is 398 g/mol. The molecule has 138 valence electrons. The van der Waals surface area contributed by atoms with Gasteiger partial charge in [0.15, 0.2) is 11.5 Å². The minimum Gasteiger partial charge on any atom is -0.333 e. The Morgan fingerprint density at radius 2 is 1.96 bits per heavy atom. The maximum absolute atomic E-state index is 6.37. The highest BCUT2D eigenvalue weighted by Gasteiger charge is 2.43. The van der Waals surface area contributed by atoms with E-state index >= 15 is 0 Å². The van der Waals surface area contributed by atoms with Crippen LogP contribution in [0.4, 0.5) is 0 Å². The molecule has 0 bridgehead atoms. The molecular weight excluding hydrogens is 378 g/mol. The summed E-state index contributed by atoms with van der Waals surface area (Å²) >= 11 is 8.15. The van der Waals surface area contributed by atoms with Crippen LogP contribution in [-0.2, 0) is 12.0 Å². The van der Waals surface area contributed by atoms with E-state index in [9.17, 15) is 0 Å². The summed E-state index contributed by atoms with van der Waals surface area (Å²) in [4.78, 5) is 12.0. The van der Waals surface area contributed by atoms with Crippen molar-refractivity contribution in [3.8, 4) is 11.4 Å². The smallest absolute Gasteiger partial charge is 0.183 e. The molecule has 4 aromatic rings. The van der Waals surface area contributed by atoms with E-state index in [1.165, 1.54) is 10.4 Å². The molecule has 0 amide bonds. The number of halogens is 1. The summed E-state index contributed by atoms with van der Waals surface area (Å²) in [5, 5.41) is 8.91. The molecule has 2 N–H and O–H groups in total. The number of thiophene rings is 1. The van der Waals surface area contributed by atoms with Crippen molar-refractivity contribution in [1.29, 1.82) is 0 Å². The van der Waals surface area contributed by atoms with Crippen LogP contribution in [0.3, 0.4) is 0 Å². The zero-order chi connectivity index (χ0) is 19.0. The van der Waals surface area contributed by atoms with Gasteiger partial charge in [-0.15, -0.1) is 16.4 Å². The van der Waals surface area contributed by atoms with E-state index in [1.54, 1.807) is 22.2 Å². The third kappa shape index (κ3) is 2.58. The Balaban J connectivity index is 1.81. The van der Waals surface area contributed by atoms with Crippen molar-refractivity contribution >= 4 is 38.8 Å². The Bertz CT molecular complexity index is 1200. The molecule has 27 heavy (non-hydrogen) atoms. The normalized spacial score (nSPS) is 18.1. The zero-order valence-electron chi connectivity index (χ0n) is 15.7. The minimum absolute atomic E-state index is 0.0189. The van der Waals surface area contributed by atoms with Crippen molar-refractivity contribution in [2.75, 3.05) is 0 Å². The molecule has 0 saturated carbocycles. The van der Waals surface area contributed by atoms with Crippen LogP contribution < -0.4 is 5.32 Å². The molecule has 0 saturated heterocycles. The van der Waals surface area contributed by atoms with Gasteiger partial charge in [0.05, 0.1) is 20.8 Å². The third-order valence-electron chi connectivity index (χ3n) is 5.21. The van der Waals surface area contributed by atoms with E-state index in [2.05, 4.69) is 43.1 Å². The first-order valence-corrected chi connectivity index (χ1v) is 10.2. The summed E-state index contributed by atoms with van der Waals surface area (Å²) < 4.78 is 1.78. The molecule has 5 nitrogen and oxygen atoms in total. The average Bonchev–Trinajstić information content (AvgIpc) is 3.15. The maximum atomic E-state index is 6.37. The van der Waals surface area contributed by atoms with E-state index in [-0.39, 0.29) is 11.1 Å². The second-order valence-corrected chi connectivity index (χ2v) is 9.96. The lowest BCUT2D eigenvalue weighted by molar-refractivity contribution is -0.789. The number of rotatable bonds is 1. The highest BCUT2D eigenvalue weighted by Crippen LogP contribution is 2.41. The van der Waals surface area contributed by atoms with E-state index in [0.717, 1.165) is 27.8 Å². The summed E-state index contributed by atoms with van der Waals surface area (Å²) in [6.45, 7) is 9.18. The van der Waals surface area contributed by atoms with Crippen molar-refractivity contribution in [2.24, 2.45) is 0 Å². The fraction of sp³-hybridized carbons (Fsp3) is 0.350. The molecule has 0 aliphatic carbocycles. The fourth-order valence-corrected chi connectivity index (χ4v) is 5.90. The maximum Gasteiger partial charge on any atom is 0.183 e. The summed E-state index contributed by atoms with van der Waals surface area (Å²) in [5.74, 6) is 0.635. The van der Waals surface area contributed by atoms with Crippen molar-refractivity contribution in [3.63, 3.8) is 0 Å². The fourth-order valence-electron chi connectivity index (χ4n) is 4.45. The predicted octanol–water partition coefficient (Wildman–Crippen LogP) is 3.79. The quantitative estimate of drug-likeness (QED) is 0.530. The van der Waals surface area contributed by atoms with E-state index in [4.69, 9.17) is 16.6 Å². The highest BCUT2D eigenvalue weighted by atomic mass is 35.5. The number of aromatic nitrogens is 4. The highest BCUT2D eigenvalue weighted by molar-refractivity contribution is 7.19. The van der Waals surface area contributed by atoms with Gasteiger partial charge in [0, 0.05) is 12.0 Å². The molecule has 0 spiro atoms. The van der Waals surface area contributed by atoms with Gasteiger partial charge in [-0.3, -0.25) is 0 Å². The lowest BCUT2D eigenvalue weighted by Crippen LogP contribution is -3.03. The van der Waals surface area contributed by atoms with Crippen LogP contribution in [0.15, 0.2) is 30.6 Å².